The molecule has 1 heterocycles. The van der Waals surface area contributed by atoms with Gasteiger partial charge >= 0.3 is 0 Å². The van der Waals surface area contributed by atoms with E-state index in [-0.39, 0.29) is 0 Å². The average molecular weight is 281 g/mol. The standard InChI is InChI=1S/C17H19N3O/c18-11-14-3-6-15(7-4-14)21-9-1-2-13-5-8-16-17(10-13)20-12-19-16/h3-4,6-7,12-13H,1-2,5,8-10H2,(H,19,20). The molecule has 0 aliphatic heterocycles. The van der Waals surface area contributed by atoms with E-state index in [2.05, 4.69) is 16.0 Å². The number of hydrogen-bond donors (Lipinski definition) is 1. The van der Waals surface area contributed by atoms with Crippen molar-refractivity contribution in [3.8, 4) is 11.8 Å². The molecule has 0 bridgehead atoms. The lowest BCUT2D eigenvalue weighted by Gasteiger charge is -2.21. The van der Waals surface area contributed by atoms with E-state index in [0.29, 0.717) is 5.56 Å². The van der Waals surface area contributed by atoms with Crippen LogP contribution in [0.1, 0.15) is 36.2 Å². The number of benzene rings is 1. The summed E-state index contributed by atoms with van der Waals surface area (Å²) >= 11 is 0. The van der Waals surface area contributed by atoms with Crippen molar-refractivity contribution in [2.45, 2.75) is 32.1 Å². The minimum Gasteiger partial charge on any atom is -0.494 e. The van der Waals surface area contributed by atoms with E-state index in [4.69, 9.17) is 10.00 Å². The minimum absolute atomic E-state index is 0.666. The second-order valence-corrected chi connectivity index (χ2v) is 5.56. The van der Waals surface area contributed by atoms with Crippen LogP contribution in [0.3, 0.4) is 0 Å². The normalized spacial score (nSPS) is 17.0. The maximum absolute atomic E-state index is 8.74. The Morgan fingerprint density at radius 3 is 3.00 bits per heavy atom. The topological polar surface area (TPSA) is 61.7 Å². The van der Waals surface area contributed by atoms with Crippen LogP contribution in [0.25, 0.3) is 0 Å². The van der Waals surface area contributed by atoms with Crippen LogP contribution >= 0.6 is 0 Å². The van der Waals surface area contributed by atoms with Crippen LogP contribution in [-0.4, -0.2) is 16.6 Å². The molecule has 2 aromatic rings. The molecule has 21 heavy (non-hydrogen) atoms. The largest absolute Gasteiger partial charge is 0.494 e. The first-order valence-corrected chi connectivity index (χ1v) is 7.49. The van der Waals surface area contributed by atoms with Gasteiger partial charge in [-0.2, -0.15) is 5.26 Å². The molecular weight excluding hydrogens is 262 g/mol. The van der Waals surface area contributed by atoms with Crippen molar-refractivity contribution in [3.05, 3.63) is 47.5 Å². The van der Waals surface area contributed by atoms with Crippen LogP contribution < -0.4 is 4.74 Å². The zero-order valence-corrected chi connectivity index (χ0v) is 12.0. The second-order valence-electron chi connectivity index (χ2n) is 5.56. The van der Waals surface area contributed by atoms with Gasteiger partial charge in [-0.1, -0.05) is 0 Å². The molecule has 1 aliphatic carbocycles. The third kappa shape index (κ3) is 3.43. The van der Waals surface area contributed by atoms with Crippen LogP contribution in [0.2, 0.25) is 0 Å². The van der Waals surface area contributed by atoms with Gasteiger partial charge in [-0.15, -0.1) is 0 Å². The van der Waals surface area contributed by atoms with Crippen molar-refractivity contribution in [2.24, 2.45) is 5.92 Å². The van der Waals surface area contributed by atoms with Gasteiger partial charge in [0.15, 0.2) is 0 Å². The number of hydrogen-bond acceptors (Lipinski definition) is 3. The van der Waals surface area contributed by atoms with E-state index >= 15 is 0 Å². The van der Waals surface area contributed by atoms with E-state index < -0.39 is 0 Å². The number of aromatic amines is 1. The van der Waals surface area contributed by atoms with Gasteiger partial charge in [0.1, 0.15) is 5.75 Å². The summed E-state index contributed by atoms with van der Waals surface area (Å²) in [5, 5.41) is 8.74. The van der Waals surface area contributed by atoms with Gasteiger partial charge in [-0.05, 0) is 62.3 Å². The van der Waals surface area contributed by atoms with Crippen molar-refractivity contribution >= 4 is 0 Å². The third-order valence-corrected chi connectivity index (χ3v) is 4.10. The number of aryl methyl sites for hydroxylation is 1. The molecule has 0 spiro atoms. The number of H-pyrrole nitrogens is 1. The maximum Gasteiger partial charge on any atom is 0.119 e. The fourth-order valence-electron chi connectivity index (χ4n) is 2.90. The van der Waals surface area contributed by atoms with Crippen LogP contribution in [0.4, 0.5) is 0 Å². The Balaban J connectivity index is 1.40. The second kappa shape index (κ2) is 6.45. The first kappa shape index (κ1) is 13.7. The summed E-state index contributed by atoms with van der Waals surface area (Å²) in [4.78, 5) is 7.60. The fraction of sp³-hybridized carbons (Fsp3) is 0.412. The molecule has 0 amide bonds. The number of rotatable bonds is 5. The number of fused-ring (bicyclic) bond motifs is 1. The quantitative estimate of drug-likeness (QED) is 0.856. The molecule has 0 fully saturated rings. The lowest BCUT2D eigenvalue weighted by Crippen LogP contribution is -2.15. The van der Waals surface area contributed by atoms with Gasteiger partial charge in [0.2, 0.25) is 0 Å². The predicted molar refractivity (Wildman–Crippen MR) is 80.0 cm³/mol. The molecule has 3 rings (SSSR count). The van der Waals surface area contributed by atoms with Crippen molar-refractivity contribution < 1.29 is 4.74 Å². The van der Waals surface area contributed by atoms with Crippen molar-refractivity contribution in [1.82, 2.24) is 9.97 Å². The number of ether oxygens (including phenoxy) is 1. The van der Waals surface area contributed by atoms with Crippen LogP contribution in [-0.2, 0) is 12.8 Å². The zero-order valence-electron chi connectivity index (χ0n) is 12.0. The molecule has 1 aromatic carbocycles. The summed E-state index contributed by atoms with van der Waals surface area (Å²) in [6.45, 7) is 0.732. The van der Waals surface area contributed by atoms with E-state index in [1.54, 1.807) is 18.5 Å². The highest BCUT2D eigenvalue weighted by molar-refractivity contribution is 5.34. The summed E-state index contributed by atoms with van der Waals surface area (Å²) < 4.78 is 5.72. The van der Waals surface area contributed by atoms with Gasteiger partial charge < -0.3 is 9.72 Å². The minimum atomic E-state index is 0.666. The highest BCUT2D eigenvalue weighted by Crippen LogP contribution is 2.26. The van der Waals surface area contributed by atoms with E-state index in [9.17, 15) is 0 Å². The molecule has 0 saturated carbocycles. The van der Waals surface area contributed by atoms with Crippen LogP contribution in [0.5, 0.6) is 5.75 Å². The van der Waals surface area contributed by atoms with Crippen molar-refractivity contribution in [2.75, 3.05) is 6.61 Å². The highest BCUT2D eigenvalue weighted by atomic mass is 16.5. The zero-order chi connectivity index (χ0) is 14.5. The molecule has 1 aliphatic rings. The highest BCUT2D eigenvalue weighted by Gasteiger charge is 2.19. The summed E-state index contributed by atoms with van der Waals surface area (Å²) in [5.74, 6) is 1.57. The number of nitrogens with one attached hydrogen (secondary N) is 1. The number of imidazole rings is 1. The molecule has 0 radical (unpaired) electrons. The predicted octanol–water partition coefficient (Wildman–Crippen LogP) is 3.25. The first-order valence-electron chi connectivity index (χ1n) is 7.49. The summed E-state index contributed by atoms with van der Waals surface area (Å²) in [5.41, 5.74) is 3.23. The van der Waals surface area contributed by atoms with Gasteiger partial charge in [-0.3, -0.25) is 0 Å². The first-order chi connectivity index (χ1) is 10.3. The molecule has 0 saturated heterocycles. The fourth-order valence-corrected chi connectivity index (χ4v) is 2.90. The maximum atomic E-state index is 8.74. The van der Waals surface area contributed by atoms with Crippen LogP contribution in [0.15, 0.2) is 30.6 Å². The lowest BCUT2D eigenvalue weighted by molar-refractivity contribution is 0.285. The Morgan fingerprint density at radius 2 is 2.19 bits per heavy atom. The summed E-state index contributed by atoms with van der Waals surface area (Å²) in [6.07, 6.45) is 7.51. The molecular formula is C17H19N3O. The number of nitrogens with zero attached hydrogens (tertiary/aromatic N) is 2. The van der Waals surface area contributed by atoms with Crippen molar-refractivity contribution in [1.29, 1.82) is 5.26 Å². The molecule has 1 N–H and O–H groups in total. The van der Waals surface area contributed by atoms with E-state index in [1.807, 2.05) is 12.1 Å². The molecule has 1 atom stereocenters. The smallest absolute Gasteiger partial charge is 0.119 e. The van der Waals surface area contributed by atoms with E-state index in [1.165, 1.54) is 24.2 Å². The van der Waals surface area contributed by atoms with Crippen molar-refractivity contribution in [3.63, 3.8) is 0 Å². The molecule has 1 aromatic heterocycles. The SMILES string of the molecule is N#Cc1ccc(OCCCC2CCc3[nH]cnc3C2)cc1. The van der Waals surface area contributed by atoms with Gasteiger partial charge in [0.25, 0.3) is 0 Å². The lowest BCUT2D eigenvalue weighted by atomic mass is 9.87. The monoisotopic (exact) mass is 281 g/mol. The molecule has 4 nitrogen and oxygen atoms in total. The van der Waals surface area contributed by atoms with Gasteiger partial charge in [-0.25, -0.2) is 4.98 Å². The van der Waals surface area contributed by atoms with Gasteiger partial charge in [0.05, 0.1) is 30.3 Å². The molecule has 4 heteroatoms. The summed E-state index contributed by atoms with van der Waals surface area (Å²) in [7, 11) is 0. The Morgan fingerprint density at radius 1 is 1.33 bits per heavy atom. The number of nitriles is 1. The Bertz CT molecular complexity index is 624. The summed E-state index contributed by atoms with van der Waals surface area (Å²) in [6, 6.07) is 9.39. The Labute approximate surface area is 124 Å². The molecule has 1 unspecified atom stereocenters. The third-order valence-electron chi connectivity index (χ3n) is 4.10. The van der Waals surface area contributed by atoms with E-state index in [0.717, 1.165) is 37.5 Å². The van der Waals surface area contributed by atoms with Crippen LogP contribution in [0, 0.1) is 17.2 Å². The Hall–Kier alpha value is -2.28. The average Bonchev–Trinajstić information content (AvgIpc) is 3.00. The van der Waals surface area contributed by atoms with Gasteiger partial charge in [0, 0.05) is 5.69 Å². The molecule has 108 valence electrons. The number of aromatic nitrogens is 2. The Kier molecular flexibility index (Phi) is 4.20.